The van der Waals surface area contributed by atoms with Crippen LogP contribution in [0.2, 0.25) is 0 Å². The van der Waals surface area contributed by atoms with Crippen LogP contribution in [0.15, 0.2) is 49.2 Å². The lowest BCUT2D eigenvalue weighted by atomic mass is 9.88. The molecule has 0 bridgehead atoms. The molecule has 0 aliphatic heterocycles. The fourth-order valence-electron chi connectivity index (χ4n) is 4.22. The molecule has 6 nitrogen and oxygen atoms in total. The number of nitrogens with zero attached hydrogens (tertiary/aromatic N) is 3. The van der Waals surface area contributed by atoms with Gasteiger partial charge in [0.2, 0.25) is 0 Å². The summed E-state index contributed by atoms with van der Waals surface area (Å²) in [5.41, 5.74) is 1.32. The highest BCUT2D eigenvalue weighted by Gasteiger charge is 2.22. The maximum absolute atomic E-state index is 13.5. The molecular weight excluding hydrogens is 562 g/mol. The van der Waals surface area contributed by atoms with Gasteiger partial charge in [-0.05, 0) is 72.4 Å². The van der Waals surface area contributed by atoms with Crippen molar-refractivity contribution in [2.24, 2.45) is 5.10 Å². The second-order valence-electron chi connectivity index (χ2n) is 8.69. The lowest BCUT2D eigenvalue weighted by Gasteiger charge is -2.22. The Morgan fingerprint density at radius 1 is 1.18 bits per heavy atom. The number of hydrogen-bond donors (Lipinski definition) is 0. The number of fused-ring (bicyclic) bond motifs is 1. The summed E-state index contributed by atoms with van der Waals surface area (Å²) in [7, 11) is 1.62. The Balaban J connectivity index is 1.79. The van der Waals surface area contributed by atoms with Crippen LogP contribution in [0.3, 0.4) is 0 Å². The minimum absolute atomic E-state index is 0.0694. The molecule has 0 saturated heterocycles. The zero-order chi connectivity index (χ0) is 24.2. The van der Waals surface area contributed by atoms with Gasteiger partial charge in [-0.25, -0.2) is 4.98 Å². The molecule has 0 N–H and O–H groups in total. The molecule has 1 fully saturated rings. The second-order valence-corrected chi connectivity index (χ2v) is 10.5. The number of hydrogen-bond acceptors (Lipinski definition) is 5. The van der Waals surface area contributed by atoms with Crippen LogP contribution < -0.4 is 15.0 Å². The summed E-state index contributed by atoms with van der Waals surface area (Å²) in [5, 5.41) is 5.19. The molecule has 2 aromatic carbocycles. The van der Waals surface area contributed by atoms with Crippen LogP contribution in [0, 0.1) is 0 Å². The number of aromatic nitrogens is 2. The lowest BCUT2D eigenvalue weighted by molar-refractivity contribution is 0.207. The molecule has 1 atom stereocenters. The number of ether oxygens (including phenoxy) is 2. The molecule has 34 heavy (non-hydrogen) atoms. The third-order valence-electron chi connectivity index (χ3n) is 6.30. The fourth-order valence-corrected chi connectivity index (χ4v) is 5.01. The summed E-state index contributed by atoms with van der Waals surface area (Å²) in [4.78, 5) is 18.4. The van der Waals surface area contributed by atoms with Gasteiger partial charge in [-0.15, -0.1) is 0 Å². The largest absolute Gasteiger partial charge is 0.493 e. The summed E-state index contributed by atoms with van der Waals surface area (Å²) in [6.45, 7) is 4.10. The van der Waals surface area contributed by atoms with E-state index in [-0.39, 0.29) is 17.6 Å². The molecule has 3 aromatic rings. The second kappa shape index (κ2) is 11.0. The molecule has 0 spiro atoms. The average molecular weight is 591 g/mol. The molecule has 8 heteroatoms. The fraction of sp³-hybridized carbons (Fsp3) is 0.423. The van der Waals surface area contributed by atoms with E-state index in [1.54, 1.807) is 19.4 Å². The number of benzene rings is 2. The third-order valence-corrected chi connectivity index (χ3v) is 7.48. The predicted molar refractivity (Wildman–Crippen MR) is 144 cm³/mol. The first kappa shape index (κ1) is 24.9. The first-order valence-corrected chi connectivity index (χ1v) is 13.3. The Morgan fingerprint density at radius 2 is 1.94 bits per heavy atom. The molecule has 4 rings (SSSR count). The molecule has 1 saturated carbocycles. The summed E-state index contributed by atoms with van der Waals surface area (Å²) in [6, 6.07) is 9.36. The Kier molecular flexibility index (Phi) is 8.09. The van der Waals surface area contributed by atoms with Gasteiger partial charge >= 0.3 is 0 Å². The van der Waals surface area contributed by atoms with Crippen LogP contribution in [-0.2, 0) is 0 Å². The first-order chi connectivity index (χ1) is 16.4. The molecule has 180 valence electrons. The molecule has 1 aromatic heterocycles. The van der Waals surface area contributed by atoms with Gasteiger partial charge in [0.15, 0.2) is 11.5 Å². The van der Waals surface area contributed by atoms with E-state index >= 15 is 0 Å². The molecule has 0 radical (unpaired) electrons. The molecule has 0 unspecified atom stereocenters. The Hall–Kier alpha value is -2.19. The first-order valence-electron chi connectivity index (χ1n) is 11.7. The third kappa shape index (κ3) is 5.38. The van der Waals surface area contributed by atoms with E-state index in [2.05, 4.69) is 43.9 Å². The zero-order valence-electron chi connectivity index (χ0n) is 19.7. The van der Waals surface area contributed by atoms with E-state index in [0.717, 1.165) is 52.4 Å². The van der Waals surface area contributed by atoms with Gasteiger partial charge in [0.25, 0.3) is 5.56 Å². The average Bonchev–Trinajstić information content (AvgIpc) is 2.85. The van der Waals surface area contributed by atoms with Crippen molar-refractivity contribution in [1.82, 2.24) is 9.66 Å². The highest BCUT2D eigenvalue weighted by Crippen LogP contribution is 2.35. The van der Waals surface area contributed by atoms with E-state index in [4.69, 9.17) is 14.5 Å². The van der Waals surface area contributed by atoms with Crippen molar-refractivity contribution in [3.63, 3.8) is 0 Å². The van der Waals surface area contributed by atoms with Crippen molar-refractivity contribution in [1.29, 1.82) is 0 Å². The van der Waals surface area contributed by atoms with Gasteiger partial charge in [-0.3, -0.25) is 4.79 Å². The number of rotatable bonds is 7. The maximum atomic E-state index is 13.5. The number of methoxy groups -OCH3 is 1. The van der Waals surface area contributed by atoms with Gasteiger partial charge in [-0.1, -0.05) is 42.1 Å². The SMILES string of the molecule is CC[C@@H](C)Oc1cc(Br)c(C=Nn2c(C3CCCCC3)nc3ccc(Br)cc3c2=O)cc1OC. The van der Waals surface area contributed by atoms with E-state index < -0.39 is 0 Å². The Bertz CT molecular complexity index is 1270. The van der Waals surface area contributed by atoms with Crippen molar-refractivity contribution in [2.45, 2.75) is 64.4 Å². The highest BCUT2D eigenvalue weighted by molar-refractivity contribution is 9.10. The van der Waals surface area contributed by atoms with Gasteiger partial charge in [0, 0.05) is 20.4 Å². The number of halogens is 2. The predicted octanol–water partition coefficient (Wildman–Crippen LogP) is 7.04. The van der Waals surface area contributed by atoms with Crippen molar-refractivity contribution in [3.05, 3.63) is 61.0 Å². The zero-order valence-corrected chi connectivity index (χ0v) is 22.9. The van der Waals surface area contributed by atoms with Crippen molar-refractivity contribution < 1.29 is 9.47 Å². The van der Waals surface area contributed by atoms with Crippen LogP contribution in [0.25, 0.3) is 10.9 Å². The molecule has 1 aliphatic rings. The topological polar surface area (TPSA) is 65.7 Å². The standard InChI is InChI=1S/C26H29Br2N3O3/c1-4-16(2)34-24-14-21(28)18(12-23(24)33-3)15-29-31-25(17-8-6-5-7-9-17)30-22-11-10-19(27)13-20(22)26(31)32/h10-17H,4-9H2,1-3H3/t16-/m1/s1. The Morgan fingerprint density at radius 3 is 2.65 bits per heavy atom. The summed E-state index contributed by atoms with van der Waals surface area (Å²) in [5.74, 6) is 2.23. The summed E-state index contributed by atoms with van der Waals surface area (Å²) < 4.78 is 14.7. The van der Waals surface area contributed by atoms with Crippen molar-refractivity contribution in [3.8, 4) is 11.5 Å². The molecule has 1 heterocycles. The van der Waals surface area contributed by atoms with Crippen molar-refractivity contribution in [2.75, 3.05) is 7.11 Å². The van der Waals surface area contributed by atoms with Crippen LogP contribution in [0.1, 0.15) is 69.7 Å². The van der Waals surface area contributed by atoms with Crippen LogP contribution in [0.5, 0.6) is 11.5 Å². The van der Waals surface area contributed by atoms with E-state index in [0.29, 0.717) is 22.4 Å². The quantitative estimate of drug-likeness (QED) is 0.277. The van der Waals surface area contributed by atoms with Crippen LogP contribution in [0.4, 0.5) is 0 Å². The molecule has 0 amide bonds. The van der Waals surface area contributed by atoms with Gasteiger partial charge in [-0.2, -0.15) is 9.78 Å². The molecular formula is C26H29Br2N3O3. The van der Waals surface area contributed by atoms with E-state index in [9.17, 15) is 4.79 Å². The normalized spacial score (nSPS) is 15.7. The minimum atomic E-state index is -0.164. The smallest absolute Gasteiger partial charge is 0.282 e. The lowest BCUT2D eigenvalue weighted by Crippen LogP contribution is -2.25. The summed E-state index contributed by atoms with van der Waals surface area (Å²) in [6.07, 6.45) is 8.18. The van der Waals surface area contributed by atoms with Crippen molar-refractivity contribution >= 4 is 49.0 Å². The van der Waals surface area contributed by atoms with Crippen LogP contribution in [-0.4, -0.2) is 29.1 Å². The van der Waals surface area contributed by atoms with Gasteiger partial charge in [0.1, 0.15) is 5.82 Å². The molecule has 1 aliphatic carbocycles. The Labute approximate surface area is 216 Å². The van der Waals surface area contributed by atoms with E-state index in [1.807, 2.05) is 31.2 Å². The monoisotopic (exact) mass is 589 g/mol. The maximum Gasteiger partial charge on any atom is 0.282 e. The minimum Gasteiger partial charge on any atom is -0.493 e. The van der Waals surface area contributed by atoms with Gasteiger partial charge < -0.3 is 9.47 Å². The highest BCUT2D eigenvalue weighted by atomic mass is 79.9. The van der Waals surface area contributed by atoms with Gasteiger partial charge in [0.05, 0.1) is 30.3 Å². The van der Waals surface area contributed by atoms with E-state index in [1.165, 1.54) is 11.1 Å². The van der Waals surface area contributed by atoms with Crippen LogP contribution >= 0.6 is 31.9 Å². The summed E-state index contributed by atoms with van der Waals surface area (Å²) >= 11 is 7.09.